The van der Waals surface area contributed by atoms with E-state index in [2.05, 4.69) is 15.5 Å². The number of oxime groups is 1. The standard InChI is InChI=1S/C11H11N3O3S2/c1-6(14-16)7-5-19-11(12-7)13-10(15)9-8(17-2)3-4-18-9/h3-5,16H,1-2H3,(H,12,13,15)/b14-6+. The quantitative estimate of drug-likeness (QED) is 0.516. The number of rotatable bonds is 4. The molecule has 2 aromatic rings. The number of thiazole rings is 1. The summed E-state index contributed by atoms with van der Waals surface area (Å²) in [4.78, 5) is 16.6. The molecule has 6 nitrogen and oxygen atoms in total. The summed E-state index contributed by atoms with van der Waals surface area (Å²) >= 11 is 2.56. The number of amides is 1. The second kappa shape index (κ2) is 5.81. The number of nitrogens with zero attached hydrogens (tertiary/aromatic N) is 2. The monoisotopic (exact) mass is 297 g/mol. The highest BCUT2D eigenvalue weighted by Gasteiger charge is 2.15. The molecule has 2 aromatic heterocycles. The Morgan fingerprint density at radius 1 is 1.53 bits per heavy atom. The highest BCUT2D eigenvalue weighted by atomic mass is 32.1. The van der Waals surface area contributed by atoms with Crippen LogP contribution in [0.25, 0.3) is 0 Å². The summed E-state index contributed by atoms with van der Waals surface area (Å²) in [6.07, 6.45) is 0. The van der Waals surface area contributed by atoms with E-state index in [1.165, 1.54) is 29.8 Å². The molecular formula is C11H11N3O3S2. The van der Waals surface area contributed by atoms with Gasteiger partial charge in [-0.2, -0.15) is 0 Å². The Bertz CT molecular complexity index is 618. The van der Waals surface area contributed by atoms with E-state index in [0.29, 0.717) is 27.2 Å². The first kappa shape index (κ1) is 13.5. The van der Waals surface area contributed by atoms with E-state index in [-0.39, 0.29) is 5.91 Å². The van der Waals surface area contributed by atoms with E-state index in [1.807, 2.05) is 0 Å². The molecule has 100 valence electrons. The lowest BCUT2D eigenvalue weighted by Crippen LogP contribution is -2.11. The minimum absolute atomic E-state index is 0.272. The molecule has 0 aliphatic carbocycles. The normalized spacial score (nSPS) is 11.4. The van der Waals surface area contributed by atoms with E-state index in [4.69, 9.17) is 9.94 Å². The largest absolute Gasteiger partial charge is 0.495 e. The first-order chi connectivity index (χ1) is 9.15. The average Bonchev–Trinajstić information content (AvgIpc) is 3.05. The van der Waals surface area contributed by atoms with Crippen LogP contribution in [0, 0.1) is 0 Å². The maximum absolute atomic E-state index is 12.0. The summed E-state index contributed by atoms with van der Waals surface area (Å²) in [5.74, 6) is 0.263. The molecule has 0 unspecified atom stereocenters. The van der Waals surface area contributed by atoms with E-state index in [9.17, 15) is 4.79 Å². The van der Waals surface area contributed by atoms with Crippen LogP contribution >= 0.6 is 22.7 Å². The molecule has 19 heavy (non-hydrogen) atoms. The van der Waals surface area contributed by atoms with Crippen molar-refractivity contribution >= 4 is 39.4 Å². The lowest BCUT2D eigenvalue weighted by molar-refractivity contribution is 0.102. The summed E-state index contributed by atoms with van der Waals surface area (Å²) in [6.45, 7) is 1.63. The number of hydrogen-bond donors (Lipinski definition) is 2. The van der Waals surface area contributed by atoms with Gasteiger partial charge in [-0.25, -0.2) is 4.98 Å². The van der Waals surface area contributed by atoms with Crippen LogP contribution in [-0.2, 0) is 0 Å². The molecular weight excluding hydrogens is 286 g/mol. The van der Waals surface area contributed by atoms with Crippen LogP contribution in [-0.4, -0.2) is 28.9 Å². The Balaban J connectivity index is 2.13. The molecule has 0 aliphatic heterocycles. The molecule has 0 bridgehead atoms. The summed E-state index contributed by atoms with van der Waals surface area (Å²) in [6, 6.07) is 1.73. The third-order valence-electron chi connectivity index (χ3n) is 2.30. The zero-order chi connectivity index (χ0) is 13.8. The fourth-order valence-electron chi connectivity index (χ4n) is 1.33. The molecule has 0 aromatic carbocycles. The third kappa shape index (κ3) is 2.91. The molecule has 0 aliphatic rings. The van der Waals surface area contributed by atoms with Crippen LogP contribution in [0.1, 0.15) is 22.3 Å². The number of thiophene rings is 1. The Kier molecular flexibility index (Phi) is 4.13. The third-order valence-corrected chi connectivity index (χ3v) is 3.95. The summed E-state index contributed by atoms with van der Waals surface area (Å²) < 4.78 is 5.09. The number of hydrogen-bond acceptors (Lipinski definition) is 7. The van der Waals surface area contributed by atoms with Crippen molar-refractivity contribution < 1.29 is 14.7 Å². The summed E-state index contributed by atoms with van der Waals surface area (Å²) in [5, 5.41) is 18.3. The molecule has 1 amide bonds. The minimum atomic E-state index is -0.272. The van der Waals surface area contributed by atoms with Crippen LogP contribution in [0.4, 0.5) is 5.13 Å². The molecule has 2 N–H and O–H groups in total. The lowest BCUT2D eigenvalue weighted by Gasteiger charge is -2.02. The second-order valence-corrected chi connectivity index (χ2v) is 5.27. The molecule has 0 saturated heterocycles. The molecule has 2 heterocycles. The predicted octanol–water partition coefficient (Wildman–Crippen LogP) is 2.66. The number of ether oxygens (including phenoxy) is 1. The molecule has 0 fully saturated rings. The van der Waals surface area contributed by atoms with E-state index in [0.717, 1.165) is 0 Å². The van der Waals surface area contributed by atoms with Crippen molar-refractivity contribution in [3.05, 3.63) is 27.4 Å². The number of nitrogens with one attached hydrogen (secondary N) is 1. The first-order valence-electron chi connectivity index (χ1n) is 5.23. The van der Waals surface area contributed by atoms with Gasteiger partial charge in [-0.3, -0.25) is 10.1 Å². The topological polar surface area (TPSA) is 83.8 Å². The van der Waals surface area contributed by atoms with Crippen LogP contribution < -0.4 is 10.1 Å². The van der Waals surface area contributed by atoms with Crippen molar-refractivity contribution in [2.45, 2.75) is 6.92 Å². The van der Waals surface area contributed by atoms with Gasteiger partial charge in [-0.15, -0.1) is 22.7 Å². The highest BCUT2D eigenvalue weighted by molar-refractivity contribution is 7.14. The summed E-state index contributed by atoms with van der Waals surface area (Å²) in [5.41, 5.74) is 0.923. The molecule has 0 radical (unpaired) electrons. The van der Waals surface area contributed by atoms with Gasteiger partial charge in [0.05, 0.1) is 7.11 Å². The average molecular weight is 297 g/mol. The number of aromatic nitrogens is 1. The lowest BCUT2D eigenvalue weighted by atomic mass is 10.3. The Labute approximate surface area is 117 Å². The number of carbonyl (C=O) groups excluding carboxylic acids is 1. The van der Waals surface area contributed by atoms with Crippen molar-refractivity contribution in [1.29, 1.82) is 0 Å². The van der Waals surface area contributed by atoms with Gasteiger partial charge in [0.25, 0.3) is 5.91 Å². The Morgan fingerprint density at radius 2 is 2.32 bits per heavy atom. The van der Waals surface area contributed by atoms with Crippen molar-refractivity contribution in [3.8, 4) is 5.75 Å². The van der Waals surface area contributed by atoms with E-state index >= 15 is 0 Å². The fourth-order valence-corrected chi connectivity index (χ4v) is 2.83. The van der Waals surface area contributed by atoms with Gasteiger partial charge < -0.3 is 9.94 Å². The number of carbonyl (C=O) groups is 1. The van der Waals surface area contributed by atoms with Crippen LogP contribution in [0.5, 0.6) is 5.75 Å². The van der Waals surface area contributed by atoms with E-state index < -0.39 is 0 Å². The number of methoxy groups -OCH3 is 1. The zero-order valence-corrected chi connectivity index (χ0v) is 11.8. The van der Waals surface area contributed by atoms with Crippen molar-refractivity contribution in [1.82, 2.24) is 4.98 Å². The van der Waals surface area contributed by atoms with Gasteiger partial charge in [0, 0.05) is 5.38 Å². The minimum Gasteiger partial charge on any atom is -0.495 e. The van der Waals surface area contributed by atoms with Gasteiger partial charge in [0.1, 0.15) is 22.0 Å². The maximum Gasteiger partial charge on any atom is 0.271 e. The van der Waals surface area contributed by atoms with Gasteiger partial charge in [0.15, 0.2) is 5.13 Å². The Morgan fingerprint density at radius 3 is 3.00 bits per heavy atom. The Hall–Kier alpha value is -1.93. The molecule has 8 heteroatoms. The van der Waals surface area contributed by atoms with Gasteiger partial charge in [0.2, 0.25) is 0 Å². The fraction of sp³-hybridized carbons (Fsp3) is 0.182. The van der Waals surface area contributed by atoms with Gasteiger partial charge >= 0.3 is 0 Å². The van der Waals surface area contributed by atoms with Crippen LogP contribution in [0.2, 0.25) is 0 Å². The van der Waals surface area contributed by atoms with E-state index in [1.54, 1.807) is 23.8 Å². The highest BCUT2D eigenvalue weighted by Crippen LogP contribution is 2.26. The summed E-state index contributed by atoms with van der Waals surface area (Å²) in [7, 11) is 1.52. The van der Waals surface area contributed by atoms with Crippen molar-refractivity contribution in [2.75, 3.05) is 12.4 Å². The van der Waals surface area contributed by atoms with Crippen LogP contribution in [0.3, 0.4) is 0 Å². The molecule has 0 atom stereocenters. The molecule has 0 saturated carbocycles. The smallest absolute Gasteiger partial charge is 0.271 e. The molecule has 0 spiro atoms. The predicted molar refractivity (Wildman–Crippen MR) is 74.9 cm³/mol. The first-order valence-corrected chi connectivity index (χ1v) is 6.99. The van der Waals surface area contributed by atoms with Crippen molar-refractivity contribution in [3.63, 3.8) is 0 Å². The number of anilines is 1. The van der Waals surface area contributed by atoms with Crippen LogP contribution in [0.15, 0.2) is 22.0 Å². The second-order valence-electron chi connectivity index (χ2n) is 3.50. The molecule has 2 rings (SSSR count). The zero-order valence-electron chi connectivity index (χ0n) is 10.2. The van der Waals surface area contributed by atoms with Gasteiger partial charge in [-0.1, -0.05) is 5.16 Å². The SMILES string of the molecule is COc1ccsc1C(=O)Nc1nc(/C(C)=N/O)cs1. The van der Waals surface area contributed by atoms with Gasteiger partial charge in [-0.05, 0) is 18.4 Å². The van der Waals surface area contributed by atoms with Crippen molar-refractivity contribution in [2.24, 2.45) is 5.16 Å². The maximum atomic E-state index is 12.0.